The van der Waals surface area contributed by atoms with E-state index in [-0.39, 0.29) is 5.91 Å². The van der Waals surface area contributed by atoms with Crippen molar-refractivity contribution in [2.45, 2.75) is 13.5 Å². The Bertz CT molecular complexity index is 723. The van der Waals surface area contributed by atoms with E-state index >= 15 is 0 Å². The summed E-state index contributed by atoms with van der Waals surface area (Å²) in [4.78, 5) is 23.7. The molecule has 1 aliphatic heterocycles. The van der Waals surface area contributed by atoms with Crippen molar-refractivity contribution in [3.8, 4) is 0 Å². The number of pyridine rings is 1. The predicted molar refractivity (Wildman–Crippen MR) is 95.0 cm³/mol. The predicted octanol–water partition coefficient (Wildman–Crippen LogP) is 2.01. The molecule has 0 radical (unpaired) electrons. The van der Waals surface area contributed by atoms with Crippen molar-refractivity contribution in [3.05, 3.63) is 46.7 Å². The molecule has 3 rings (SSSR count). The minimum Gasteiger partial charge on any atom is -0.378 e. The lowest BCUT2D eigenvalue weighted by Gasteiger charge is -2.25. The Kier molecular flexibility index (Phi) is 5.55. The average molecular weight is 344 g/mol. The van der Waals surface area contributed by atoms with Crippen molar-refractivity contribution in [2.24, 2.45) is 0 Å². The first-order valence-corrected chi connectivity index (χ1v) is 8.67. The maximum absolute atomic E-state index is 11.9. The van der Waals surface area contributed by atoms with E-state index in [0.29, 0.717) is 6.54 Å². The number of aromatic nitrogens is 2. The summed E-state index contributed by atoms with van der Waals surface area (Å²) in [5.74, 6) is -0.127. The van der Waals surface area contributed by atoms with E-state index in [1.165, 1.54) is 6.08 Å². The maximum Gasteiger partial charge on any atom is 0.244 e. The Balaban J connectivity index is 1.50. The standard InChI is InChI=1S/C17H20N4O2S/c1-13-8-14(10-18-9-13)2-3-16(22)19-11-15-12-20-17(24-15)21-4-6-23-7-5-21/h2-3,8-10,12H,4-7,11H2,1H3,(H,19,22). The van der Waals surface area contributed by atoms with Crippen LogP contribution in [0.2, 0.25) is 0 Å². The molecule has 7 heteroatoms. The quantitative estimate of drug-likeness (QED) is 0.841. The summed E-state index contributed by atoms with van der Waals surface area (Å²) in [5, 5.41) is 3.87. The van der Waals surface area contributed by atoms with Crippen LogP contribution in [0.25, 0.3) is 6.08 Å². The van der Waals surface area contributed by atoms with Gasteiger partial charge in [0.2, 0.25) is 5.91 Å². The zero-order valence-corrected chi connectivity index (χ0v) is 14.4. The lowest BCUT2D eigenvalue weighted by Crippen LogP contribution is -2.36. The first-order valence-electron chi connectivity index (χ1n) is 7.86. The van der Waals surface area contributed by atoms with Gasteiger partial charge in [0.25, 0.3) is 0 Å². The Morgan fingerprint density at radius 3 is 3.00 bits per heavy atom. The van der Waals surface area contributed by atoms with Crippen molar-refractivity contribution >= 4 is 28.5 Å². The lowest BCUT2D eigenvalue weighted by molar-refractivity contribution is -0.116. The summed E-state index contributed by atoms with van der Waals surface area (Å²) in [7, 11) is 0. The molecule has 2 aromatic heterocycles. The van der Waals surface area contributed by atoms with Gasteiger partial charge in [-0.1, -0.05) is 0 Å². The number of anilines is 1. The van der Waals surface area contributed by atoms with E-state index in [0.717, 1.165) is 47.4 Å². The number of hydrogen-bond acceptors (Lipinski definition) is 6. The van der Waals surface area contributed by atoms with Gasteiger partial charge >= 0.3 is 0 Å². The zero-order chi connectivity index (χ0) is 16.8. The van der Waals surface area contributed by atoms with Gasteiger partial charge in [0.1, 0.15) is 0 Å². The van der Waals surface area contributed by atoms with Gasteiger partial charge in [-0.05, 0) is 30.2 Å². The lowest BCUT2D eigenvalue weighted by atomic mass is 10.2. The molecule has 126 valence electrons. The van der Waals surface area contributed by atoms with Crippen molar-refractivity contribution < 1.29 is 9.53 Å². The summed E-state index contributed by atoms with van der Waals surface area (Å²) in [6, 6.07) is 1.98. The number of hydrogen-bond donors (Lipinski definition) is 1. The Labute approximate surface area is 145 Å². The molecule has 6 nitrogen and oxygen atoms in total. The topological polar surface area (TPSA) is 67.4 Å². The molecule has 24 heavy (non-hydrogen) atoms. The van der Waals surface area contributed by atoms with Gasteiger partial charge in [0.05, 0.1) is 19.8 Å². The number of amides is 1. The molecule has 0 unspecified atom stereocenters. The molecule has 0 aromatic carbocycles. The van der Waals surface area contributed by atoms with Crippen LogP contribution in [0, 0.1) is 6.92 Å². The number of carbonyl (C=O) groups is 1. The van der Waals surface area contributed by atoms with E-state index in [1.54, 1.807) is 29.8 Å². The normalized spacial score (nSPS) is 15.0. The van der Waals surface area contributed by atoms with E-state index in [1.807, 2.05) is 19.2 Å². The molecule has 0 bridgehead atoms. The molecular weight excluding hydrogens is 324 g/mol. The molecule has 1 saturated heterocycles. The molecule has 1 amide bonds. The summed E-state index contributed by atoms with van der Waals surface area (Å²) in [6.07, 6.45) is 8.63. The average Bonchev–Trinajstić information content (AvgIpc) is 3.08. The summed E-state index contributed by atoms with van der Waals surface area (Å²) >= 11 is 1.61. The highest BCUT2D eigenvalue weighted by atomic mass is 32.1. The first-order chi connectivity index (χ1) is 11.7. The zero-order valence-electron chi connectivity index (χ0n) is 13.6. The number of carbonyl (C=O) groups excluding carboxylic acids is 1. The number of nitrogens with one attached hydrogen (secondary N) is 1. The molecule has 0 atom stereocenters. The van der Waals surface area contributed by atoms with Gasteiger partial charge in [-0.25, -0.2) is 4.98 Å². The Morgan fingerprint density at radius 2 is 2.21 bits per heavy atom. The van der Waals surface area contributed by atoms with Crippen LogP contribution in [0.3, 0.4) is 0 Å². The Hall–Kier alpha value is -2.25. The summed E-state index contributed by atoms with van der Waals surface area (Å²) in [6.45, 7) is 5.67. The van der Waals surface area contributed by atoms with E-state index < -0.39 is 0 Å². The fourth-order valence-corrected chi connectivity index (χ4v) is 3.26. The molecule has 1 fully saturated rings. The van der Waals surface area contributed by atoms with Gasteiger partial charge in [-0.15, -0.1) is 11.3 Å². The SMILES string of the molecule is Cc1cncc(C=CC(=O)NCc2cnc(N3CCOCC3)s2)c1. The third kappa shape index (κ3) is 4.62. The Morgan fingerprint density at radius 1 is 1.38 bits per heavy atom. The van der Waals surface area contributed by atoms with Crippen LogP contribution in [0.5, 0.6) is 0 Å². The van der Waals surface area contributed by atoms with Crippen molar-refractivity contribution in [1.29, 1.82) is 0 Å². The van der Waals surface area contributed by atoms with Gasteiger partial charge in [-0.3, -0.25) is 9.78 Å². The molecule has 0 spiro atoms. The molecule has 3 heterocycles. The molecule has 1 aliphatic rings. The molecular formula is C17H20N4O2S. The van der Waals surface area contributed by atoms with E-state index in [2.05, 4.69) is 20.2 Å². The second-order valence-corrected chi connectivity index (χ2v) is 6.65. The third-order valence-corrected chi connectivity index (χ3v) is 4.64. The highest BCUT2D eigenvalue weighted by Gasteiger charge is 2.14. The number of rotatable bonds is 5. The van der Waals surface area contributed by atoms with E-state index in [9.17, 15) is 4.79 Å². The second-order valence-electron chi connectivity index (χ2n) is 5.56. The van der Waals surface area contributed by atoms with Gasteiger partial charge < -0.3 is 15.0 Å². The molecule has 0 saturated carbocycles. The largest absolute Gasteiger partial charge is 0.378 e. The smallest absolute Gasteiger partial charge is 0.244 e. The number of ether oxygens (including phenoxy) is 1. The van der Waals surface area contributed by atoms with Crippen molar-refractivity contribution in [1.82, 2.24) is 15.3 Å². The van der Waals surface area contributed by atoms with Gasteiger partial charge in [-0.2, -0.15) is 0 Å². The highest BCUT2D eigenvalue weighted by molar-refractivity contribution is 7.15. The molecule has 2 aromatic rings. The van der Waals surface area contributed by atoms with Crippen LogP contribution in [-0.4, -0.2) is 42.2 Å². The fraction of sp³-hybridized carbons (Fsp3) is 0.353. The minimum atomic E-state index is -0.127. The fourth-order valence-electron chi connectivity index (χ4n) is 2.35. The van der Waals surface area contributed by atoms with Crippen LogP contribution >= 0.6 is 11.3 Å². The minimum absolute atomic E-state index is 0.127. The molecule has 0 aliphatic carbocycles. The van der Waals surface area contributed by atoms with E-state index in [4.69, 9.17) is 4.74 Å². The van der Waals surface area contributed by atoms with Gasteiger partial charge in [0, 0.05) is 42.6 Å². The van der Waals surface area contributed by atoms with Crippen LogP contribution in [0.15, 0.2) is 30.7 Å². The maximum atomic E-state index is 11.9. The molecule has 1 N–H and O–H groups in total. The number of morpholine rings is 1. The van der Waals surface area contributed by atoms with Crippen molar-refractivity contribution in [2.75, 3.05) is 31.2 Å². The van der Waals surface area contributed by atoms with Gasteiger partial charge in [0.15, 0.2) is 5.13 Å². The van der Waals surface area contributed by atoms with Crippen LogP contribution in [0.1, 0.15) is 16.0 Å². The van der Waals surface area contributed by atoms with Crippen LogP contribution < -0.4 is 10.2 Å². The van der Waals surface area contributed by atoms with Crippen LogP contribution in [0.4, 0.5) is 5.13 Å². The summed E-state index contributed by atoms with van der Waals surface area (Å²) < 4.78 is 5.34. The third-order valence-electron chi connectivity index (χ3n) is 3.58. The second kappa shape index (κ2) is 8.03. The summed E-state index contributed by atoms with van der Waals surface area (Å²) in [5.41, 5.74) is 1.98. The number of thiazole rings is 1. The first kappa shape index (κ1) is 16.6. The van der Waals surface area contributed by atoms with Crippen LogP contribution in [-0.2, 0) is 16.1 Å². The monoisotopic (exact) mass is 344 g/mol. The van der Waals surface area contributed by atoms with Crippen molar-refractivity contribution in [3.63, 3.8) is 0 Å². The highest BCUT2D eigenvalue weighted by Crippen LogP contribution is 2.23. The number of aryl methyl sites for hydroxylation is 1. The number of nitrogens with zero attached hydrogens (tertiary/aromatic N) is 3.